The van der Waals surface area contributed by atoms with Crippen molar-refractivity contribution in [2.75, 3.05) is 25.0 Å². The standard InChI is InChI=1S/C22H26FN3O2.ClH/c1-15-6-4-9-18(21(27)25-13-11-16-7-5-12-24-14-16)20(15)26-22(28)17-8-2-3-10-19(17)23;/h2-4,6,8-10,16,24H,5,7,11-14H2,1H3,(H,25,27)(H,26,28);1H. The lowest BCUT2D eigenvalue weighted by Gasteiger charge is -2.22. The normalized spacial score (nSPS) is 15.9. The van der Waals surface area contributed by atoms with Gasteiger partial charge in [0.05, 0.1) is 16.8 Å². The van der Waals surface area contributed by atoms with E-state index in [0.29, 0.717) is 23.7 Å². The van der Waals surface area contributed by atoms with Gasteiger partial charge in [0.25, 0.3) is 11.8 Å². The first-order chi connectivity index (χ1) is 13.6. The highest BCUT2D eigenvalue weighted by atomic mass is 35.5. The lowest BCUT2D eigenvalue weighted by atomic mass is 9.96. The van der Waals surface area contributed by atoms with E-state index >= 15 is 0 Å². The number of halogens is 2. The van der Waals surface area contributed by atoms with Crippen LogP contribution < -0.4 is 16.0 Å². The maximum absolute atomic E-state index is 13.9. The third-order valence-electron chi connectivity index (χ3n) is 5.11. The molecule has 0 aliphatic carbocycles. The fourth-order valence-electron chi connectivity index (χ4n) is 3.50. The summed E-state index contributed by atoms with van der Waals surface area (Å²) in [4.78, 5) is 25.2. The Morgan fingerprint density at radius 2 is 1.86 bits per heavy atom. The first-order valence-corrected chi connectivity index (χ1v) is 9.70. The SMILES string of the molecule is Cc1cccc(C(=O)NCCC2CCCNC2)c1NC(=O)c1ccccc1F.Cl. The molecule has 3 rings (SSSR count). The Hall–Kier alpha value is -2.44. The maximum atomic E-state index is 13.9. The predicted octanol–water partition coefficient (Wildman–Crippen LogP) is 3.93. The summed E-state index contributed by atoms with van der Waals surface area (Å²) in [7, 11) is 0. The van der Waals surface area contributed by atoms with Crippen LogP contribution in [0.5, 0.6) is 0 Å². The Bertz CT molecular complexity index is 854. The number of benzene rings is 2. The highest BCUT2D eigenvalue weighted by Gasteiger charge is 2.18. The van der Waals surface area contributed by atoms with Crippen LogP contribution in [0.4, 0.5) is 10.1 Å². The number of para-hydroxylation sites is 1. The lowest BCUT2D eigenvalue weighted by Crippen LogP contribution is -2.33. The number of hydrogen-bond acceptors (Lipinski definition) is 3. The second-order valence-corrected chi connectivity index (χ2v) is 7.19. The molecule has 0 bridgehead atoms. The molecule has 2 aromatic rings. The van der Waals surface area contributed by atoms with Crippen molar-refractivity contribution in [3.63, 3.8) is 0 Å². The third-order valence-corrected chi connectivity index (χ3v) is 5.11. The number of piperidine rings is 1. The molecule has 0 radical (unpaired) electrons. The van der Waals surface area contributed by atoms with E-state index in [9.17, 15) is 14.0 Å². The molecule has 0 saturated carbocycles. The number of anilines is 1. The van der Waals surface area contributed by atoms with E-state index in [4.69, 9.17) is 0 Å². The van der Waals surface area contributed by atoms with Gasteiger partial charge in [0.15, 0.2) is 0 Å². The summed E-state index contributed by atoms with van der Waals surface area (Å²) < 4.78 is 13.9. The van der Waals surface area contributed by atoms with Crippen molar-refractivity contribution in [2.45, 2.75) is 26.2 Å². The van der Waals surface area contributed by atoms with Gasteiger partial charge >= 0.3 is 0 Å². The Morgan fingerprint density at radius 1 is 1.10 bits per heavy atom. The molecule has 1 aliphatic heterocycles. The van der Waals surface area contributed by atoms with E-state index in [1.807, 2.05) is 0 Å². The van der Waals surface area contributed by atoms with Crippen molar-refractivity contribution < 1.29 is 14.0 Å². The molecule has 7 heteroatoms. The number of carbonyl (C=O) groups is 2. The zero-order valence-electron chi connectivity index (χ0n) is 16.5. The molecule has 1 atom stereocenters. The quantitative estimate of drug-likeness (QED) is 0.664. The van der Waals surface area contributed by atoms with Crippen molar-refractivity contribution in [3.8, 4) is 0 Å². The Balaban J connectivity index is 0.00000300. The van der Waals surface area contributed by atoms with Gasteiger partial charge in [0.1, 0.15) is 5.82 Å². The van der Waals surface area contributed by atoms with Crippen LogP contribution in [0.15, 0.2) is 42.5 Å². The van der Waals surface area contributed by atoms with Crippen molar-refractivity contribution >= 4 is 29.9 Å². The lowest BCUT2D eigenvalue weighted by molar-refractivity contribution is 0.0951. The molecular formula is C22H27ClFN3O2. The van der Waals surface area contributed by atoms with E-state index in [1.54, 1.807) is 31.2 Å². The predicted molar refractivity (Wildman–Crippen MR) is 115 cm³/mol. The van der Waals surface area contributed by atoms with E-state index in [1.165, 1.54) is 31.0 Å². The maximum Gasteiger partial charge on any atom is 0.258 e. The van der Waals surface area contributed by atoms with Gasteiger partial charge in [0.2, 0.25) is 0 Å². The second kappa shape index (κ2) is 10.9. The van der Waals surface area contributed by atoms with E-state index < -0.39 is 11.7 Å². The monoisotopic (exact) mass is 419 g/mol. The number of rotatable bonds is 6. The van der Waals surface area contributed by atoms with Crippen LogP contribution in [0.1, 0.15) is 45.5 Å². The molecule has 1 unspecified atom stereocenters. The molecule has 0 aromatic heterocycles. The van der Waals surface area contributed by atoms with Gasteiger partial charge in [0, 0.05) is 6.54 Å². The fraction of sp³-hybridized carbons (Fsp3) is 0.364. The summed E-state index contributed by atoms with van der Waals surface area (Å²) in [6.45, 7) is 4.45. The summed E-state index contributed by atoms with van der Waals surface area (Å²) in [6, 6.07) is 11.0. The zero-order valence-corrected chi connectivity index (χ0v) is 17.3. The molecule has 0 spiro atoms. The molecule has 1 aliphatic rings. The largest absolute Gasteiger partial charge is 0.352 e. The van der Waals surface area contributed by atoms with Crippen LogP contribution in [0.25, 0.3) is 0 Å². The number of nitrogens with one attached hydrogen (secondary N) is 3. The average molecular weight is 420 g/mol. The minimum atomic E-state index is -0.597. The van der Waals surface area contributed by atoms with Crippen molar-refractivity contribution in [1.29, 1.82) is 0 Å². The Kier molecular flexibility index (Phi) is 8.61. The number of amides is 2. The summed E-state index contributed by atoms with van der Waals surface area (Å²) in [6.07, 6.45) is 3.27. The summed E-state index contributed by atoms with van der Waals surface area (Å²) >= 11 is 0. The summed E-state index contributed by atoms with van der Waals surface area (Å²) in [5, 5.41) is 9.03. The van der Waals surface area contributed by atoms with Crippen molar-refractivity contribution in [3.05, 3.63) is 65.0 Å². The van der Waals surface area contributed by atoms with Gasteiger partial charge in [-0.3, -0.25) is 9.59 Å². The van der Waals surface area contributed by atoms with Crippen molar-refractivity contribution in [1.82, 2.24) is 10.6 Å². The summed E-state index contributed by atoms with van der Waals surface area (Å²) in [5.41, 5.74) is 1.48. The van der Waals surface area contributed by atoms with Crippen LogP contribution in [-0.4, -0.2) is 31.4 Å². The first-order valence-electron chi connectivity index (χ1n) is 9.70. The Labute approximate surface area is 176 Å². The summed E-state index contributed by atoms with van der Waals surface area (Å²) in [5.74, 6) is -0.835. The zero-order chi connectivity index (χ0) is 19.9. The molecule has 29 heavy (non-hydrogen) atoms. The van der Waals surface area contributed by atoms with Gasteiger partial charge in [-0.15, -0.1) is 12.4 Å². The van der Waals surface area contributed by atoms with E-state index in [0.717, 1.165) is 25.1 Å². The Morgan fingerprint density at radius 3 is 2.59 bits per heavy atom. The average Bonchev–Trinajstić information content (AvgIpc) is 2.70. The van der Waals surface area contributed by atoms with E-state index in [-0.39, 0.29) is 23.9 Å². The molecule has 1 heterocycles. The van der Waals surface area contributed by atoms with Crippen LogP contribution in [0, 0.1) is 18.7 Å². The van der Waals surface area contributed by atoms with Gasteiger partial charge < -0.3 is 16.0 Å². The molecule has 156 valence electrons. The smallest absolute Gasteiger partial charge is 0.258 e. The second-order valence-electron chi connectivity index (χ2n) is 7.19. The molecule has 1 fully saturated rings. The van der Waals surface area contributed by atoms with Crippen LogP contribution in [-0.2, 0) is 0 Å². The fourth-order valence-corrected chi connectivity index (χ4v) is 3.50. The van der Waals surface area contributed by atoms with Crippen LogP contribution in [0.2, 0.25) is 0 Å². The van der Waals surface area contributed by atoms with Crippen LogP contribution in [0.3, 0.4) is 0 Å². The molecular weight excluding hydrogens is 393 g/mol. The minimum Gasteiger partial charge on any atom is -0.352 e. The van der Waals surface area contributed by atoms with Gasteiger partial charge in [-0.2, -0.15) is 0 Å². The number of carbonyl (C=O) groups excluding carboxylic acids is 2. The molecule has 3 N–H and O–H groups in total. The van der Waals surface area contributed by atoms with Gasteiger partial charge in [-0.1, -0.05) is 24.3 Å². The van der Waals surface area contributed by atoms with Crippen molar-refractivity contribution in [2.24, 2.45) is 5.92 Å². The molecule has 2 amide bonds. The highest BCUT2D eigenvalue weighted by molar-refractivity contribution is 6.09. The van der Waals surface area contributed by atoms with Gasteiger partial charge in [-0.05, 0) is 69.0 Å². The number of aryl methyl sites for hydroxylation is 1. The van der Waals surface area contributed by atoms with Gasteiger partial charge in [-0.25, -0.2) is 4.39 Å². The molecule has 5 nitrogen and oxygen atoms in total. The number of hydrogen-bond donors (Lipinski definition) is 3. The topological polar surface area (TPSA) is 70.2 Å². The van der Waals surface area contributed by atoms with E-state index in [2.05, 4.69) is 16.0 Å². The molecule has 2 aromatic carbocycles. The van der Waals surface area contributed by atoms with Crippen LogP contribution >= 0.6 is 12.4 Å². The minimum absolute atomic E-state index is 0. The first kappa shape index (κ1) is 22.8. The third kappa shape index (κ3) is 6.02. The molecule has 1 saturated heterocycles. The highest BCUT2D eigenvalue weighted by Crippen LogP contribution is 2.22.